The van der Waals surface area contributed by atoms with Gasteiger partial charge in [0.25, 0.3) is 5.56 Å². The molecule has 0 atom stereocenters. The first-order valence-electron chi connectivity index (χ1n) is 8.56. The number of fused-ring (bicyclic) bond motifs is 1. The Balaban J connectivity index is 1.88. The molecule has 7 heteroatoms. The van der Waals surface area contributed by atoms with Crippen LogP contribution in [0, 0.1) is 0 Å². The summed E-state index contributed by atoms with van der Waals surface area (Å²) in [6.45, 7) is 0.637. The van der Waals surface area contributed by atoms with Crippen molar-refractivity contribution in [1.29, 1.82) is 0 Å². The standard InChI is InChI=1S/C20H17ClN4O2/c1-24-12-16(26)8-7-15(24)11-25-20(27)17-6-3-9-22-19(17)18(23-25)13-4-2-5-14(21)10-13/h2-7,9-10H,8,11-12H2,1H3. The highest BCUT2D eigenvalue weighted by molar-refractivity contribution is 6.30. The number of rotatable bonds is 3. The van der Waals surface area contributed by atoms with Crippen LogP contribution in [-0.4, -0.2) is 39.0 Å². The van der Waals surface area contributed by atoms with Crippen LogP contribution in [0.25, 0.3) is 22.2 Å². The molecule has 4 rings (SSSR count). The predicted molar refractivity (Wildman–Crippen MR) is 105 cm³/mol. The number of carbonyl (C=O) groups is 1. The lowest BCUT2D eigenvalue weighted by Crippen LogP contribution is -2.34. The molecule has 0 unspecified atom stereocenters. The smallest absolute Gasteiger partial charge is 0.276 e. The van der Waals surface area contributed by atoms with Gasteiger partial charge in [-0.15, -0.1) is 0 Å². The largest absolute Gasteiger partial charge is 0.369 e. The second-order valence-electron chi connectivity index (χ2n) is 6.52. The lowest BCUT2D eigenvalue weighted by atomic mass is 10.1. The molecule has 6 nitrogen and oxygen atoms in total. The summed E-state index contributed by atoms with van der Waals surface area (Å²) in [5, 5.41) is 5.68. The molecule has 27 heavy (non-hydrogen) atoms. The topological polar surface area (TPSA) is 68.1 Å². The minimum absolute atomic E-state index is 0.156. The second-order valence-corrected chi connectivity index (χ2v) is 6.95. The van der Waals surface area contributed by atoms with Crippen molar-refractivity contribution in [3.05, 3.63) is 69.7 Å². The number of allylic oxidation sites excluding steroid dienone is 2. The van der Waals surface area contributed by atoms with Gasteiger partial charge >= 0.3 is 0 Å². The molecule has 0 amide bonds. The van der Waals surface area contributed by atoms with E-state index in [1.165, 1.54) is 4.68 Å². The number of benzene rings is 1. The molecule has 0 radical (unpaired) electrons. The monoisotopic (exact) mass is 380 g/mol. The van der Waals surface area contributed by atoms with Gasteiger partial charge in [0.05, 0.1) is 18.5 Å². The fraction of sp³-hybridized carbons (Fsp3) is 0.200. The number of likely N-dealkylation sites (N-methyl/N-ethyl adjacent to an activating group) is 1. The van der Waals surface area contributed by atoms with Gasteiger partial charge in [-0.05, 0) is 24.3 Å². The first kappa shape index (κ1) is 17.4. The van der Waals surface area contributed by atoms with Crippen molar-refractivity contribution in [3.63, 3.8) is 0 Å². The normalized spacial score (nSPS) is 14.5. The highest BCUT2D eigenvalue weighted by Gasteiger charge is 2.19. The van der Waals surface area contributed by atoms with Crippen molar-refractivity contribution in [2.75, 3.05) is 13.6 Å². The number of Topliss-reactive ketones (excluding diaryl/α,β-unsaturated/α-hetero) is 1. The summed E-state index contributed by atoms with van der Waals surface area (Å²) >= 11 is 6.14. The Labute approximate surface area is 160 Å². The third kappa shape index (κ3) is 3.36. The summed E-state index contributed by atoms with van der Waals surface area (Å²) in [7, 11) is 1.84. The van der Waals surface area contributed by atoms with Crippen LogP contribution in [0.2, 0.25) is 5.02 Å². The SMILES string of the molecule is CN1CC(=O)CC=C1Cn1nc(-c2cccc(Cl)c2)c2ncccc2c1=O. The average Bonchev–Trinajstić information content (AvgIpc) is 2.66. The van der Waals surface area contributed by atoms with Gasteiger partial charge < -0.3 is 4.90 Å². The van der Waals surface area contributed by atoms with Crippen LogP contribution in [0.1, 0.15) is 6.42 Å². The molecule has 0 saturated carbocycles. The number of nitrogens with zero attached hydrogens (tertiary/aromatic N) is 4. The molecular weight excluding hydrogens is 364 g/mol. The zero-order valence-corrected chi connectivity index (χ0v) is 15.5. The van der Waals surface area contributed by atoms with E-state index in [9.17, 15) is 9.59 Å². The molecular formula is C20H17ClN4O2. The molecule has 2 aromatic heterocycles. The van der Waals surface area contributed by atoms with Gasteiger partial charge in [-0.1, -0.05) is 29.8 Å². The first-order chi connectivity index (χ1) is 13.0. The Morgan fingerprint density at radius 1 is 1.19 bits per heavy atom. The quantitative estimate of drug-likeness (QED) is 0.698. The maximum atomic E-state index is 12.9. The summed E-state index contributed by atoms with van der Waals surface area (Å²) in [6, 6.07) is 10.8. The van der Waals surface area contributed by atoms with Gasteiger partial charge in [0.1, 0.15) is 11.2 Å². The molecule has 0 spiro atoms. The number of pyridine rings is 1. The van der Waals surface area contributed by atoms with E-state index in [4.69, 9.17) is 11.6 Å². The molecule has 3 aromatic rings. The second kappa shape index (κ2) is 6.96. The Morgan fingerprint density at radius 2 is 2.04 bits per heavy atom. The molecule has 1 aromatic carbocycles. The van der Waals surface area contributed by atoms with Crippen LogP contribution in [-0.2, 0) is 11.3 Å². The lowest BCUT2D eigenvalue weighted by Gasteiger charge is -2.26. The van der Waals surface area contributed by atoms with Crippen LogP contribution in [0.15, 0.2) is 59.2 Å². The molecule has 0 fully saturated rings. The number of ketones is 1. The summed E-state index contributed by atoms with van der Waals surface area (Å²) < 4.78 is 1.43. The maximum absolute atomic E-state index is 12.9. The number of hydrogen-bond acceptors (Lipinski definition) is 5. The summed E-state index contributed by atoms with van der Waals surface area (Å²) in [6.07, 6.45) is 3.88. The van der Waals surface area contributed by atoms with Crippen molar-refractivity contribution >= 4 is 28.3 Å². The van der Waals surface area contributed by atoms with Crippen molar-refractivity contribution < 1.29 is 4.79 Å². The average molecular weight is 381 g/mol. The molecule has 0 N–H and O–H groups in total. The fourth-order valence-corrected chi connectivity index (χ4v) is 3.40. The fourth-order valence-electron chi connectivity index (χ4n) is 3.21. The third-order valence-electron chi connectivity index (χ3n) is 4.60. The van der Waals surface area contributed by atoms with Gasteiger partial charge in [0.15, 0.2) is 5.78 Å². The van der Waals surface area contributed by atoms with Crippen LogP contribution < -0.4 is 5.56 Å². The van der Waals surface area contributed by atoms with Crippen LogP contribution >= 0.6 is 11.6 Å². The Bertz CT molecular complexity index is 1140. The zero-order chi connectivity index (χ0) is 19.0. The summed E-state index contributed by atoms with van der Waals surface area (Å²) in [5.41, 5.74) is 2.62. The Hall–Kier alpha value is -2.99. The molecule has 1 aliphatic heterocycles. The van der Waals surface area contributed by atoms with Crippen LogP contribution in [0.5, 0.6) is 0 Å². The van der Waals surface area contributed by atoms with E-state index >= 15 is 0 Å². The van der Waals surface area contributed by atoms with E-state index in [2.05, 4.69) is 10.1 Å². The van der Waals surface area contributed by atoms with E-state index in [0.717, 1.165) is 11.3 Å². The third-order valence-corrected chi connectivity index (χ3v) is 4.83. The van der Waals surface area contributed by atoms with Crippen molar-refractivity contribution in [1.82, 2.24) is 19.7 Å². The lowest BCUT2D eigenvalue weighted by molar-refractivity contribution is -0.119. The molecule has 0 aliphatic carbocycles. The van der Waals surface area contributed by atoms with E-state index in [-0.39, 0.29) is 11.3 Å². The van der Waals surface area contributed by atoms with Gasteiger partial charge in [-0.25, -0.2) is 4.68 Å². The van der Waals surface area contributed by atoms with E-state index in [1.807, 2.05) is 30.2 Å². The van der Waals surface area contributed by atoms with Gasteiger partial charge in [-0.3, -0.25) is 14.6 Å². The number of carbonyl (C=O) groups excluding carboxylic acids is 1. The molecule has 0 saturated heterocycles. The Kier molecular flexibility index (Phi) is 4.49. The molecule has 1 aliphatic rings. The molecule has 136 valence electrons. The van der Waals surface area contributed by atoms with Crippen molar-refractivity contribution in [2.24, 2.45) is 0 Å². The zero-order valence-electron chi connectivity index (χ0n) is 14.7. The first-order valence-corrected chi connectivity index (χ1v) is 8.94. The van der Waals surface area contributed by atoms with Crippen molar-refractivity contribution in [3.8, 4) is 11.3 Å². The van der Waals surface area contributed by atoms with E-state index < -0.39 is 0 Å². The van der Waals surface area contributed by atoms with Gasteiger partial charge in [-0.2, -0.15) is 5.10 Å². The number of hydrogen-bond donors (Lipinski definition) is 0. The van der Waals surface area contributed by atoms with Crippen LogP contribution in [0.4, 0.5) is 0 Å². The summed E-state index contributed by atoms with van der Waals surface area (Å²) in [4.78, 5) is 30.8. The van der Waals surface area contributed by atoms with Crippen LogP contribution in [0.3, 0.4) is 0 Å². The predicted octanol–water partition coefficient (Wildman–Crippen LogP) is 2.90. The number of halogens is 1. The molecule has 0 bridgehead atoms. The number of aromatic nitrogens is 3. The van der Waals surface area contributed by atoms with E-state index in [1.54, 1.807) is 30.5 Å². The summed E-state index contributed by atoms with van der Waals surface area (Å²) in [5.74, 6) is 0.156. The maximum Gasteiger partial charge on any atom is 0.276 e. The highest BCUT2D eigenvalue weighted by Crippen LogP contribution is 2.25. The Morgan fingerprint density at radius 3 is 2.81 bits per heavy atom. The van der Waals surface area contributed by atoms with Gasteiger partial charge in [0.2, 0.25) is 0 Å². The van der Waals surface area contributed by atoms with Crippen molar-refractivity contribution in [2.45, 2.75) is 13.0 Å². The minimum atomic E-state index is -0.213. The molecule has 3 heterocycles. The van der Waals surface area contributed by atoms with Gasteiger partial charge in [0, 0.05) is 35.9 Å². The highest BCUT2D eigenvalue weighted by atomic mass is 35.5. The van der Waals surface area contributed by atoms with E-state index in [0.29, 0.717) is 41.1 Å². The minimum Gasteiger partial charge on any atom is -0.369 e.